The molecule has 0 saturated heterocycles. The Hall–Kier alpha value is -3.56. The number of ether oxygens (including phenoxy) is 1. The molecule has 0 saturated carbocycles. The van der Waals surface area contributed by atoms with Crippen molar-refractivity contribution in [2.45, 2.75) is 10.1 Å². The van der Waals surface area contributed by atoms with Gasteiger partial charge in [0.25, 0.3) is 11.5 Å². The van der Waals surface area contributed by atoms with E-state index in [9.17, 15) is 9.59 Å². The molecule has 1 amide bonds. The van der Waals surface area contributed by atoms with Crippen LogP contribution in [0, 0.1) is 0 Å². The average molecular weight is 491 g/mol. The minimum Gasteiger partial charge on any atom is -0.497 e. The number of carbonyl (C=O) groups is 1. The van der Waals surface area contributed by atoms with Crippen molar-refractivity contribution >= 4 is 46.5 Å². The van der Waals surface area contributed by atoms with E-state index in [4.69, 9.17) is 4.74 Å². The number of rotatable bonds is 8. The summed E-state index contributed by atoms with van der Waals surface area (Å²) in [5, 5.41) is 4.95. The maximum absolute atomic E-state index is 13.3. The molecule has 0 unspecified atom stereocenters. The molecule has 9 heteroatoms. The van der Waals surface area contributed by atoms with E-state index in [0.29, 0.717) is 27.5 Å². The summed E-state index contributed by atoms with van der Waals surface area (Å²) in [6.45, 7) is 0. The smallest absolute Gasteiger partial charge is 0.266 e. The van der Waals surface area contributed by atoms with Gasteiger partial charge in [0.15, 0.2) is 5.16 Å². The molecule has 0 radical (unpaired) electrons. The number of hydrogen-bond acceptors (Lipinski definition) is 7. The van der Waals surface area contributed by atoms with Crippen molar-refractivity contribution in [3.63, 3.8) is 0 Å². The summed E-state index contributed by atoms with van der Waals surface area (Å²) in [5.74, 6) is 0.426. The second-order valence-corrected chi connectivity index (χ2v) is 8.93. The number of nitrogens with one attached hydrogen (secondary N) is 1. The van der Waals surface area contributed by atoms with Crippen LogP contribution in [0.3, 0.4) is 0 Å². The molecule has 0 atom stereocenters. The molecule has 0 spiro atoms. The molecule has 1 heterocycles. The lowest BCUT2D eigenvalue weighted by molar-refractivity contribution is -0.118. The fourth-order valence-electron chi connectivity index (χ4n) is 3.20. The van der Waals surface area contributed by atoms with Crippen LogP contribution in [0.5, 0.6) is 5.75 Å². The van der Waals surface area contributed by atoms with Gasteiger partial charge in [-0.05, 0) is 60.4 Å². The number of para-hydroxylation sites is 1. The fraction of sp³-hybridized carbons (Fsp3) is 0.120. The zero-order valence-corrected chi connectivity index (χ0v) is 20.2. The number of hydrogen-bond donors (Lipinski definition) is 1. The van der Waals surface area contributed by atoms with Crippen molar-refractivity contribution in [2.24, 2.45) is 5.10 Å². The first-order chi connectivity index (χ1) is 16.6. The first kappa shape index (κ1) is 23.6. The fourth-order valence-corrected chi connectivity index (χ4v) is 4.41. The molecule has 1 N–H and O–H groups in total. The molecule has 172 valence electrons. The Morgan fingerprint density at radius 1 is 1.09 bits per heavy atom. The number of nitrogens with zero attached hydrogens (tertiary/aromatic N) is 3. The highest BCUT2D eigenvalue weighted by Gasteiger charge is 2.15. The Labute approximate surface area is 205 Å². The second-order valence-electron chi connectivity index (χ2n) is 7.11. The Morgan fingerprint density at radius 3 is 2.53 bits per heavy atom. The van der Waals surface area contributed by atoms with Crippen LogP contribution in [-0.4, -0.2) is 40.8 Å². The van der Waals surface area contributed by atoms with E-state index in [1.54, 1.807) is 67.6 Å². The number of methoxy groups -OCH3 is 1. The Morgan fingerprint density at radius 2 is 1.82 bits per heavy atom. The van der Waals surface area contributed by atoms with Gasteiger partial charge in [0.2, 0.25) is 0 Å². The zero-order valence-electron chi connectivity index (χ0n) is 18.6. The number of thioether (sulfide) groups is 2. The normalized spacial score (nSPS) is 11.1. The van der Waals surface area contributed by atoms with Crippen molar-refractivity contribution in [3.8, 4) is 11.4 Å². The highest BCUT2D eigenvalue weighted by Crippen LogP contribution is 2.22. The van der Waals surface area contributed by atoms with Gasteiger partial charge in [0, 0.05) is 4.90 Å². The summed E-state index contributed by atoms with van der Waals surface area (Å²) in [6.07, 6.45) is 3.60. The van der Waals surface area contributed by atoms with Crippen molar-refractivity contribution in [1.29, 1.82) is 0 Å². The van der Waals surface area contributed by atoms with Crippen LogP contribution in [0.25, 0.3) is 16.6 Å². The summed E-state index contributed by atoms with van der Waals surface area (Å²) in [6, 6.07) is 22.1. The molecular weight excluding hydrogens is 468 g/mol. The van der Waals surface area contributed by atoms with Gasteiger partial charge in [-0.25, -0.2) is 10.4 Å². The Balaban J connectivity index is 1.53. The monoisotopic (exact) mass is 490 g/mol. The van der Waals surface area contributed by atoms with Crippen molar-refractivity contribution in [2.75, 3.05) is 19.1 Å². The first-order valence-electron chi connectivity index (χ1n) is 10.3. The molecule has 3 aromatic carbocycles. The summed E-state index contributed by atoms with van der Waals surface area (Å²) in [5.41, 5.74) is 4.42. The molecule has 0 fully saturated rings. The van der Waals surface area contributed by atoms with E-state index in [-0.39, 0.29) is 17.2 Å². The third kappa shape index (κ3) is 5.49. The lowest BCUT2D eigenvalue weighted by Gasteiger charge is -2.13. The number of aromatic nitrogens is 2. The number of fused-ring (bicyclic) bond motifs is 1. The largest absolute Gasteiger partial charge is 0.497 e. The van der Waals surface area contributed by atoms with Crippen molar-refractivity contribution in [3.05, 3.63) is 88.7 Å². The highest BCUT2D eigenvalue weighted by molar-refractivity contribution is 7.99. The average Bonchev–Trinajstić information content (AvgIpc) is 2.88. The quantitative estimate of drug-likeness (QED) is 0.171. The van der Waals surface area contributed by atoms with Crippen LogP contribution in [0.4, 0.5) is 0 Å². The SMILES string of the molecule is COc1ccc(-n2c(SCC(=O)N/N=C\c3ccc(SC)cc3)nc3ccccc3c2=O)cc1. The molecule has 7 nitrogen and oxygen atoms in total. The second kappa shape index (κ2) is 11.0. The van der Waals surface area contributed by atoms with Crippen LogP contribution in [-0.2, 0) is 4.79 Å². The van der Waals surface area contributed by atoms with E-state index in [1.807, 2.05) is 36.6 Å². The molecule has 4 aromatic rings. The summed E-state index contributed by atoms with van der Waals surface area (Å²) < 4.78 is 6.73. The minimum atomic E-state index is -0.300. The lowest BCUT2D eigenvalue weighted by Crippen LogP contribution is -2.24. The van der Waals surface area contributed by atoms with E-state index < -0.39 is 0 Å². The van der Waals surface area contributed by atoms with Gasteiger partial charge < -0.3 is 4.74 Å². The minimum absolute atomic E-state index is 0.0453. The van der Waals surface area contributed by atoms with E-state index in [1.165, 1.54) is 16.3 Å². The van der Waals surface area contributed by atoms with Gasteiger partial charge in [-0.3, -0.25) is 14.2 Å². The van der Waals surface area contributed by atoms with Crippen LogP contribution < -0.4 is 15.7 Å². The van der Waals surface area contributed by atoms with Gasteiger partial charge >= 0.3 is 0 Å². The van der Waals surface area contributed by atoms with Gasteiger partial charge in [-0.1, -0.05) is 36.0 Å². The standard InChI is InChI=1S/C25H22N4O3S2/c1-32-19-11-9-18(10-12-19)29-24(31)21-5-3-4-6-22(21)27-25(29)34-16-23(30)28-26-15-17-7-13-20(33-2)14-8-17/h3-15H,16H2,1-2H3,(H,28,30)/b26-15-. The van der Waals surface area contributed by atoms with Crippen LogP contribution in [0.2, 0.25) is 0 Å². The molecule has 0 aliphatic heterocycles. The van der Waals surface area contributed by atoms with Crippen LogP contribution in [0.15, 0.2) is 92.7 Å². The van der Waals surface area contributed by atoms with Crippen LogP contribution >= 0.6 is 23.5 Å². The molecule has 0 aliphatic rings. The van der Waals surface area contributed by atoms with Crippen molar-refractivity contribution in [1.82, 2.24) is 15.0 Å². The van der Waals surface area contributed by atoms with Crippen molar-refractivity contribution < 1.29 is 9.53 Å². The number of benzene rings is 3. The topological polar surface area (TPSA) is 85.6 Å². The van der Waals surface area contributed by atoms with E-state index in [0.717, 1.165) is 10.5 Å². The highest BCUT2D eigenvalue weighted by atomic mass is 32.2. The Kier molecular flexibility index (Phi) is 7.66. The molecular formula is C25H22N4O3S2. The first-order valence-corrected chi connectivity index (χ1v) is 12.5. The van der Waals surface area contributed by atoms with Gasteiger partial charge in [-0.15, -0.1) is 11.8 Å². The third-order valence-electron chi connectivity index (χ3n) is 4.93. The number of carbonyl (C=O) groups excluding carboxylic acids is 1. The molecule has 1 aromatic heterocycles. The summed E-state index contributed by atoms with van der Waals surface area (Å²) in [7, 11) is 1.58. The molecule has 34 heavy (non-hydrogen) atoms. The maximum Gasteiger partial charge on any atom is 0.266 e. The maximum atomic E-state index is 13.3. The lowest BCUT2D eigenvalue weighted by atomic mass is 10.2. The zero-order chi connectivity index (χ0) is 23.9. The van der Waals surface area contributed by atoms with Gasteiger partial charge in [0.05, 0.1) is 35.7 Å². The molecule has 4 rings (SSSR count). The van der Waals surface area contributed by atoms with E-state index >= 15 is 0 Å². The predicted octanol–water partition coefficient (Wildman–Crippen LogP) is 4.36. The van der Waals surface area contributed by atoms with Gasteiger partial charge in [0.1, 0.15) is 5.75 Å². The Bertz CT molecular complexity index is 1380. The molecule has 0 bridgehead atoms. The van der Waals surface area contributed by atoms with Crippen LogP contribution in [0.1, 0.15) is 5.56 Å². The van der Waals surface area contributed by atoms with Gasteiger partial charge in [-0.2, -0.15) is 5.10 Å². The molecule has 0 aliphatic carbocycles. The predicted molar refractivity (Wildman–Crippen MR) is 139 cm³/mol. The van der Waals surface area contributed by atoms with E-state index in [2.05, 4.69) is 15.5 Å². The number of hydrazone groups is 1. The summed E-state index contributed by atoms with van der Waals surface area (Å²) >= 11 is 2.83. The number of amides is 1. The third-order valence-corrected chi connectivity index (χ3v) is 6.61. The summed E-state index contributed by atoms with van der Waals surface area (Å²) in [4.78, 5) is 31.5.